The lowest BCUT2D eigenvalue weighted by Crippen LogP contribution is -2.12. The fraction of sp³-hybridized carbons (Fsp3) is 0.191. The van der Waals surface area contributed by atoms with Crippen molar-refractivity contribution in [3.63, 3.8) is 0 Å². The van der Waals surface area contributed by atoms with Crippen LogP contribution in [0.15, 0.2) is 127 Å². The number of nitrogens with zero attached hydrogens (tertiary/aromatic N) is 4. The molecule has 0 unspecified atom stereocenters. The van der Waals surface area contributed by atoms with Gasteiger partial charge in [-0.1, -0.05) is 102 Å². The maximum absolute atomic E-state index is 5.56. The van der Waals surface area contributed by atoms with E-state index in [2.05, 4.69) is 190 Å². The van der Waals surface area contributed by atoms with Crippen LogP contribution in [0.3, 0.4) is 0 Å². The molecular formula is C47H43N5. The molecule has 5 nitrogen and oxygen atoms in total. The lowest BCUT2D eigenvalue weighted by Gasteiger charge is -2.22. The number of pyridine rings is 1. The number of aromatic amines is 1. The molecular weight excluding hydrogens is 635 g/mol. The first-order valence-electron chi connectivity index (χ1n) is 18.2. The van der Waals surface area contributed by atoms with Crippen LogP contribution in [0.2, 0.25) is 0 Å². The lowest BCUT2D eigenvalue weighted by molar-refractivity contribution is 0.590. The molecule has 52 heavy (non-hydrogen) atoms. The summed E-state index contributed by atoms with van der Waals surface area (Å²) in [7, 11) is 0. The largest absolute Gasteiger partial charge is 0.344 e. The van der Waals surface area contributed by atoms with Crippen molar-refractivity contribution in [2.75, 3.05) is 0 Å². The molecule has 5 heteroatoms. The summed E-state index contributed by atoms with van der Waals surface area (Å²) in [6.07, 6.45) is 0. The van der Waals surface area contributed by atoms with Gasteiger partial charge in [-0.15, -0.1) is 0 Å². The van der Waals surface area contributed by atoms with Gasteiger partial charge in [0.05, 0.1) is 22.2 Å². The van der Waals surface area contributed by atoms with E-state index >= 15 is 0 Å². The van der Waals surface area contributed by atoms with Crippen LogP contribution >= 0.6 is 0 Å². The molecule has 256 valence electrons. The van der Waals surface area contributed by atoms with Crippen molar-refractivity contribution >= 4 is 43.7 Å². The zero-order valence-corrected chi connectivity index (χ0v) is 30.9. The Bertz CT molecular complexity index is 2810. The quantitative estimate of drug-likeness (QED) is 0.202. The van der Waals surface area contributed by atoms with E-state index in [1.54, 1.807) is 0 Å². The van der Waals surface area contributed by atoms with Crippen molar-refractivity contribution in [2.45, 2.75) is 59.3 Å². The van der Waals surface area contributed by atoms with Crippen LogP contribution in [0.1, 0.15) is 58.4 Å². The molecule has 0 saturated heterocycles. The number of nitrogens with one attached hydrogen (secondary N) is 1. The van der Waals surface area contributed by atoms with E-state index < -0.39 is 0 Å². The SMILES string of the molecule is Cc1[nH]c(-n2c3ccc(C(C)(C)C)cc3c3ccc(-c4cc(-c5nc6ccccc6n5-c5ccccc5)cc(C(C)(C)C)c4)nc32)c2ccccc12. The third-order valence-electron chi connectivity index (χ3n) is 10.5. The van der Waals surface area contributed by atoms with Gasteiger partial charge in [-0.25, -0.2) is 9.97 Å². The molecule has 0 amide bonds. The average Bonchev–Trinajstić information content (AvgIpc) is 3.80. The number of fused-ring (bicyclic) bond motifs is 5. The van der Waals surface area contributed by atoms with Crippen LogP contribution < -0.4 is 0 Å². The second-order valence-corrected chi connectivity index (χ2v) is 16.2. The van der Waals surface area contributed by atoms with Gasteiger partial charge in [-0.05, 0) is 95.6 Å². The highest BCUT2D eigenvalue weighted by Gasteiger charge is 2.24. The van der Waals surface area contributed by atoms with Gasteiger partial charge in [-0.2, -0.15) is 0 Å². The molecule has 0 saturated carbocycles. The van der Waals surface area contributed by atoms with Gasteiger partial charge in [0.25, 0.3) is 0 Å². The summed E-state index contributed by atoms with van der Waals surface area (Å²) < 4.78 is 4.61. The summed E-state index contributed by atoms with van der Waals surface area (Å²) >= 11 is 0. The predicted molar refractivity (Wildman–Crippen MR) is 218 cm³/mol. The van der Waals surface area contributed by atoms with Crippen LogP contribution in [0.4, 0.5) is 0 Å². The van der Waals surface area contributed by atoms with E-state index in [4.69, 9.17) is 9.97 Å². The minimum atomic E-state index is -0.0998. The van der Waals surface area contributed by atoms with Gasteiger partial charge < -0.3 is 4.98 Å². The topological polar surface area (TPSA) is 51.4 Å². The van der Waals surface area contributed by atoms with E-state index in [-0.39, 0.29) is 10.8 Å². The summed E-state index contributed by atoms with van der Waals surface area (Å²) in [6.45, 7) is 15.8. The normalized spacial score (nSPS) is 12.5. The van der Waals surface area contributed by atoms with Crippen LogP contribution in [0.25, 0.3) is 77.9 Å². The minimum Gasteiger partial charge on any atom is -0.344 e. The van der Waals surface area contributed by atoms with E-state index in [9.17, 15) is 0 Å². The lowest BCUT2D eigenvalue weighted by atomic mass is 9.84. The summed E-state index contributed by atoms with van der Waals surface area (Å²) in [5, 5.41) is 4.75. The third kappa shape index (κ3) is 5.14. The highest BCUT2D eigenvalue weighted by atomic mass is 15.1. The number of imidazole rings is 1. The second-order valence-electron chi connectivity index (χ2n) is 16.2. The zero-order valence-electron chi connectivity index (χ0n) is 30.9. The molecule has 9 rings (SSSR count). The summed E-state index contributed by atoms with van der Waals surface area (Å²) in [6, 6.07) is 45.8. The molecule has 5 aromatic carbocycles. The number of aryl methyl sites for hydroxylation is 1. The molecule has 4 aromatic heterocycles. The third-order valence-corrected chi connectivity index (χ3v) is 10.5. The molecule has 0 radical (unpaired) electrons. The maximum atomic E-state index is 5.56. The van der Waals surface area contributed by atoms with E-state index in [1.807, 2.05) is 0 Å². The molecule has 0 aliphatic rings. The monoisotopic (exact) mass is 677 g/mol. The molecule has 4 heterocycles. The van der Waals surface area contributed by atoms with Crippen LogP contribution in [-0.4, -0.2) is 24.1 Å². The van der Waals surface area contributed by atoms with Crippen LogP contribution in [0, 0.1) is 6.92 Å². The van der Waals surface area contributed by atoms with Crippen molar-refractivity contribution in [3.05, 3.63) is 144 Å². The fourth-order valence-electron chi connectivity index (χ4n) is 7.64. The predicted octanol–water partition coefficient (Wildman–Crippen LogP) is 12.2. The Labute approximate surface area is 304 Å². The molecule has 0 aliphatic heterocycles. The molecule has 1 N–H and O–H groups in total. The van der Waals surface area contributed by atoms with Crippen molar-refractivity contribution in [2.24, 2.45) is 0 Å². The number of hydrogen-bond donors (Lipinski definition) is 1. The Hall–Kier alpha value is -5.94. The van der Waals surface area contributed by atoms with Gasteiger partial charge in [0.15, 0.2) is 0 Å². The summed E-state index contributed by atoms with van der Waals surface area (Å²) in [5.74, 6) is 1.96. The summed E-state index contributed by atoms with van der Waals surface area (Å²) in [4.78, 5) is 14.6. The number of rotatable bonds is 4. The Kier molecular flexibility index (Phi) is 7.10. The molecule has 0 bridgehead atoms. The second kappa shape index (κ2) is 11.5. The number of aromatic nitrogens is 5. The van der Waals surface area contributed by atoms with Crippen molar-refractivity contribution < 1.29 is 0 Å². The molecule has 0 spiro atoms. The Morgan fingerprint density at radius 1 is 0.519 bits per heavy atom. The van der Waals surface area contributed by atoms with E-state index in [1.165, 1.54) is 27.3 Å². The minimum absolute atomic E-state index is 0.0196. The number of hydrogen-bond acceptors (Lipinski definition) is 2. The van der Waals surface area contributed by atoms with E-state index in [0.29, 0.717) is 0 Å². The van der Waals surface area contributed by atoms with Crippen LogP contribution in [0.5, 0.6) is 0 Å². The van der Waals surface area contributed by atoms with Crippen molar-refractivity contribution in [3.8, 4) is 34.2 Å². The highest BCUT2D eigenvalue weighted by Crippen LogP contribution is 2.40. The first kappa shape index (κ1) is 32.0. The average molecular weight is 678 g/mol. The van der Waals surface area contributed by atoms with Gasteiger partial charge in [-0.3, -0.25) is 9.13 Å². The smallest absolute Gasteiger partial charge is 0.147 e. The van der Waals surface area contributed by atoms with Gasteiger partial charge in [0.1, 0.15) is 17.3 Å². The Balaban J connectivity index is 1.32. The first-order valence-corrected chi connectivity index (χ1v) is 18.2. The van der Waals surface area contributed by atoms with E-state index in [0.717, 1.165) is 67.4 Å². The molecule has 0 atom stereocenters. The highest BCUT2D eigenvalue weighted by molar-refractivity contribution is 6.10. The molecule has 0 aliphatic carbocycles. The Morgan fingerprint density at radius 2 is 1.21 bits per heavy atom. The molecule has 0 fully saturated rings. The van der Waals surface area contributed by atoms with Gasteiger partial charge in [0, 0.05) is 44.1 Å². The first-order chi connectivity index (χ1) is 25.0. The van der Waals surface area contributed by atoms with Crippen molar-refractivity contribution in [1.29, 1.82) is 0 Å². The number of H-pyrrole nitrogens is 1. The molecule has 9 aromatic rings. The van der Waals surface area contributed by atoms with Crippen molar-refractivity contribution in [1.82, 2.24) is 24.1 Å². The summed E-state index contributed by atoms with van der Waals surface area (Å²) in [5.41, 5.74) is 11.9. The standard InChI is InChI=1S/C47H43N5/c1-29-35-17-11-12-18-36(35)44(48-29)52-41-24-21-32(46(2,3)4)28-38(41)37-22-23-39(49-45(37)52)30-25-31(27-33(26-30)47(5,6)7)43-50-40-19-13-14-20-42(40)51(43)34-15-9-8-10-16-34/h8-28,48H,1-7H3. The van der Waals surface area contributed by atoms with Gasteiger partial charge in [0.2, 0.25) is 0 Å². The fourth-order valence-corrected chi connectivity index (χ4v) is 7.64. The zero-order chi connectivity index (χ0) is 35.9. The van der Waals surface area contributed by atoms with Gasteiger partial charge >= 0.3 is 0 Å². The maximum Gasteiger partial charge on any atom is 0.147 e. The number of para-hydroxylation sites is 3. The number of benzene rings is 5. The van der Waals surface area contributed by atoms with Crippen LogP contribution in [-0.2, 0) is 10.8 Å². The Morgan fingerprint density at radius 3 is 1.98 bits per heavy atom.